The number of rotatable bonds is 5. The van der Waals surface area contributed by atoms with Gasteiger partial charge >= 0.3 is 0 Å². The maximum Gasteiger partial charge on any atom is 0.266 e. The summed E-state index contributed by atoms with van der Waals surface area (Å²) >= 11 is 13.2. The van der Waals surface area contributed by atoms with Crippen molar-refractivity contribution in [3.8, 4) is 6.07 Å². The van der Waals surface area contributed by atoms with E-state index in [9.17, 15) is 10.1 Å². The van der Waals surface area contributed by atoms with Gasteiger partial charge in [0, 0.05) is 19.7 Å². The Labute approximate surface area is 197 Å². The zero-order valence-electron chi connectivity index (χ0n) is 16.0. The van der Waals surface area contributed by atoms with Gasteiger partial charge in [0.2, 0.25) is 0 Å². The molecule has 0 bridgehead atoms. The highest BCUT2D eigenvalue weighted by molar-refractivity contribution is 9.10. The first-order valence-electron chi connectivity index (χ1n) is 9.09. The third-order valence-corrected chi connectivity index (χ3v) is 6.30. The van der Waals surface area contributed by atoms with Crippen molar-refractivity contribution in [2.75, 3.05) is 5.32 Å². The van der Waals surface area contributed by atoms with E-state index in [1.165, 1.54) is 0 Å². The topological polar surface area (TPSA) is 52.9 Å². The maximum absolute atomic E-state index is 12.8. The minimum atomic E-state index is -0.477. The first-order valence-corrected chi connectivity index (χ1v) is 11.1. The molecule has 0 fully saturated rings. The maximum atomic E-state index is 12.8. The molecule has 0 aliphatic rings. The summed E-state index contributed by atoms with van der Waals surface area (Å²) in [7, 11) is 0. The highest BCUT2D eigenvalue weighted by Gasteiger charge is 2.14. The number of nitriles is 1. The van der Waals surface area contributed by atoms with Gasteiger partial charge in [0.05, 0.1) is 0 Å². The molecule has 0 unspecified atom stereocenters. The Hall–Kier alpha value is -2.39. The number of benzene rings is 3. The summed E-state index contributed by atoms with van der Waals surface area (Å²) in [5.74, 6) is -0.477. The molecule has 6 heteroatoms. The molecule has 1 amide bonds. The molecule has 3 aromatic rings. The summed E-state index contributed by atoms with van der Waals surface area (Å²) in [6.07, 6.45) is 2.28. The first kappa shape index (κ1) is 22.3. The smallest absolute Gasteiger partial charge is 0.266 e. The molecule has 0 atom stereocenters. The van der Waals surface area contributed by atoms with Gasteiger partial charge in [-0.25, -0.2) is 0 Å². The molecule has 3 aromatic carbocycles. The lowest BCUT2D eigenvalue weighted by atomic mass is 9.98. The van der Waals surface area contributed by atoms with E-state index in [2.05, 4.69) is 37.2 Å². The molecule has 3 rings (SSSR count). The van der Waals surface area contributed by atoms with Gasteiger partial charge in [-0.3, -0.25) is 4.79 Å². The number of hydrogen-bond donors (Lipinski definition) is 1. The van der Waals surface area contributed by atoms with E-state index in [1.54, 1.807) is 24.3 Å². The van der Waals surface area contributed by atoms with Crippen LogP contribution in [0.4, 0.5) is 5.69 Å². The average Bonchev–Trinajstić information content (AvgIpc) is 2.72. The molecule has 0 spiro atoms. The van der Waals surface area contributed by atoms with E-state index in [4.69, 9.17) is 11.6 Å². The molecule has 3 nitrogen and oxygen atoms in total. The molecule has 150 valence electrons. The summed E-state index contributed by atoms with van der Waals surface area (Å²) in [6, 6.07) is 21.1. The lowest BCUT2D eigenvalue weighted by Crippen LogP contribution is -2.14. The average molecular weight is 545 g/mol. The SMILES string of the molecule is Cc1c(Cl)cccc1NC(=O)/C(C#N)=C/c1cc(Br)ccc1Cc1ccccc1Br. The van der Waals surface area contributed by atoms with Crippen molar-refractivity contribution < 1.29 is 4.79 Å². The van der Waals surface area contributed by atoms with Crippen molar-refractivity contribution in [2.45, 2.75) is 13.3 Å². The van der Waals surface area contributed by atoms with Crippen LogP contribution in [0.15, 0.2) is 75.2 Å². The van der Waals surface area contributed by atoms with Gasteiger partial charge < -0.3 is 5.32 Å². The second-order valence-electron chi connectivity index (χ2n) is 6.65. The van der Waals surface area contributed by atoms with Gasteiger partial charge in [-0.1, -0.05) is 73.8 Å². The summed E-state index contributed by atoms with van der Waals surface area (Å²) in [6.45, 7) is 1.82. The Morgan fingerprint density at radius 1 is 1.10 bits per heavy atom. The Balaban J connectivity index is 1.94. The Morgan fingerprint density at radius 2 is 1.87 bits per heavy atom. The zero-order chi connectivity index (χ0) is 21.7. The minimum Gasteiger partial charge on any atom is -0.321 e. The van der Waals surface area contributed by atoms with Crippen molar-refractivity contribution in [3.05, 3.63) is 102 Å². The predicted molar refractivity (Wildman–Crippen MR) is 129 cm³/mol. The van der Waals surface area contributed by atoms with Crippen LogP contribution in [-0.2, 0) is 11.2 Å². The number of carbonyl (C=O) groups excluding carboxylic acids is 1. The van der Waals surface area contributed by atoms with Crippen LogP contribution in [0, 0.1) is 18.3 Å². The fourth-order valence-corrected chi connectivity index (χ4v) is 3.92. The van der Waals surface area contributed by atoms with Gasteiger partial charge in [0.15, 0.2) is 0 Å². The summed E-state index contributed by atoms with van der Waals surface area (Å²) in [5, 5.41) is 13.0. The van der Waals surface area contributed by atoms with Crippen LogP contribution in [0.1, 0.15) is 22.3 Å². The van der Waals surface area contributed by atoms with Crippen LogP contribution in [0.5, 0.6) is 0 Å². The van der Waals surface area contributed by atoms with Crippen molar-refractivity contribution in [3.63, 3.8) is 0 Å². The predicted octanol–water partition coefficient (Wildman–Crippen LogP) is 7.31. The summed E-state index contributed by atoms with van der Waals surface area (Å²) in [4.78, 5) is 12.8. The van der Waals surface area contributed by atoms with Crippen LogP contribution in [-0.4, -0.2) is 5.91 Å². The largest absolute Gasteiger partial charge is 0.321 e. The second-order valence-corrected chi connectivity index (χ2v) is 8.82. The monoisotopic (exact) mass is 542 g/mol. The number of hydrogen-bond acceptors (Lipinski definition) is 2. The molecule has 0 radical (unpaired) electrons. The number of carbonyl (C=O) groups is 1. The van der Waals surface area contributed by atoms with Crippen LogP contribution >= 0.6 is 43.5 Å². The van der Waals surface area contributed by atoms with Crippen LogP contribution in [0.2, 0.25) is 5.02 Å². The Kier molecular flexibility index (Phi) is 7.49. The molecule has 0 saturated carbocycles. The van der Waals surface area contributed by atoms with Crippen molar-refractivity contribution >= 4 is 61.1 Å². The van der Waals surface area contributed by atoms with Crippen LogP contribution in [0.3, 0.4) is 0 Å². The number of anilines is 1. The number of halogens is 3. The van der Waals surface area contributed by atoms with Crippen molar-refractivity contribution in [2.24, 2.45) is 0 Å². The molecule has 30 heavy (non-hydrogen) atoms. The summed E-state index contributed by atoms with van der Waals surface area (Å²) in [5.41, 5.74) is 4.27. The number of nitrogens with zero attached hydrogens (tertiary/aromatic N) is 1. The molecule has 0 saturated heterocycles. The lowest BCUT2D eigenvalue weighted by molar-refractivity contribution is -0.112. The van der Waals surface area contributed by atoms with E-state index >= 15 is 0 Å². The fourth-order valence-electron chi connectivity index (χ4n) is 2.94. The molecule has 1 N–H and O–H groups in total. The number of amides is 1. The van der Waals surface area contributed by atoms with Crippen molar-refractivity contribution in [1.29, 1.82) is 5.26 Å². The third-order valence-electron chi connectivity index (χ3n) is 4.63. The first-order chi connectivity index (χ1) is 14.4. The molecule has 0 aromatic heterocycles. The molecule has 0 aliphatic carbocycles. The van der Waals surface area contributed by atoms with E-state index in [1.807, 2.05) is 55.5 Å². The fraction of sp³-hybridized carbons (Fsp3) is 0.0833. The van der Waals surface area contributed by atoms with E-state index in [0.29, 0.717) is 17.1 Å². The van der Waals surface area contributed by atoms with Gasteiger partial charge in [-0.2, -0.15) is 5.26 Å². The zero-order valence-corrected chi connectivity index (χ0v) is 20.0. The highest BCUT2D eigenvalue weighted by atomic mass is 79.9. The number of nitrogens with one attached hydrogen (secondary N) is 1. The molecular formula is C24H17Br2ClN2O. The van der Waals surface area contributed by atoms with E-state index in [-0.39, 0.29) is 5.57 Å². The molecule has 0 heterocycles. The van der Waals surface area contributed by atoms with Gasteiger partial charge in [0.25, 0.3) is 5.91 Å². The van der Waals surface area contributed by atoms with E-state index in [0.717, 1.165) is 31.2 Å². The van der Waals surface area contributed by atoms with Crippen LogP contribution in [0.25, 0.3) is 6.08 Å². The Bertz CT molecular complexity index is 1180. The lowest BCUT2D eigenvalue weighted by Gasteiger charge is -2.11. The van der Waals surface area contributed by atoms with Crippen molar-refractivity contribution in [1.82, 2.24) is 0 Å². The van der Waals surface area contributed by atoms with Crippen LogP contribution < -0.4 is 5.32 Å². The van der Waals surface area contributed by atoms with E-state index < -0.39 is 5.91 Å². The second kappa shape index (κ2) is 10.1. The molecular weight excluding hydrogens is 528 g/mol. The highest BCUT2D eigenvalue weighted by Crippen LogP contribution is 2.26. The molecule has 0 aliphatic heterocycles. The normalized spacial score (nSPS) is 11.1. The Morgan fingerprint density at radius 3 is 2.60 bits per heavy atom. The quantitative estimate of drug-likeness (QED) is 0.271. The minimum absolute atomic E-state index is 0.0147. The van der Waals surface area contributed by atoms with Gasteiger partial charge in [0.1, 0.15) is 11.6 Å². The van der Waals surface area contributed by atoms with Gasteiger partial charge in [-0.05, 0) is 72.0 Å². The third kappa shape index (κ3) is 5.40. The summed E-state index contributed by atoms with van der Waals surface area (Å²) < 4.78 is 1.88. The van der Waals surface area contributed by atoms with Gasteiger partial charge in [-0.15, -0.1) is 0 Å². The standard InChI is InChI=1S/C24H17Br2ClN2O/c1-15-22(27)7-4-8-23(15)29-24(30)19(14-28)12-18-13-20(25)10-9-16(18)11-17-5-2-3-6-21(17)26/h2-10,12-13H,11H2,1H3,(H,29,30)/b19-12+.